The molecule has 0 radical (unpaired) electrons. The fraction of sp³-hybridized carbons (Fsp3) is 0.300. The normalized spacial score (nSPS) is 9.71. The van der Waals surface area contributed by atoms with Gasteiger partial charge in [-0.3, -0.25) is 10.1 Å². The van der Waals surface area contributed by atoms with Crippen LogP contribution in [0.15, 0.2) is 18.3 Å². The van der Waals surface area contributed by atoms with Gasteiger partial charge < -0.3 is 10.4 Å². The highest BCUT2D eigenvalue weighted by Gasteiger charge is 2.02. The van der Waals surface area contributed by atoms with E-state index in [1.165, 1.54) is 6.20 Å². The summed E-state index contributed by atoms with van der Waals surface area (Å²) in [6.45, 7) is 0.297. The average Bonchev–Trinajstić information content (AvgIpc) is 2.27. The summed E-state index contributed by atoms with van der Waals surface area (Å²) < 4.78 is 0. The molecular formula is C10H12ClN3O3. The molecule has 0 atom stereocenters. The van der Waals surface area contributed by atoms with Crippen molar-refractivity contribution < 1.29 is 14.7 Å². The van der Waals surface area contributed by atoms with Gasteiger partial charge in [0.25, 0.3) is 0 Å². The molecule has 0 saturated carbocycles. The summed E-state index contributed by atoms with van der Waals surface area (Å²) in [5, 5.41) is 13.9. The first-order valence-corrected chi connectivity index (χ1v) is 5.34. The second-order valence-corrected chi connectivity index (χ2v) is 3.68. The fourth-order valence-electron chi connectivity index (χ4n) is 1.05. The molecule has 92 valence electrons. The predicted octanol–water partition coefficient (Wildman–Crippen LogP) is 1.72. The zero-order valence-corrected chi connectivity index (χ0v) is 9.70. The Hall–Kier alpha value is -1.82. The predicted molar refractivity (Wildman–Crippen MR) is 63.1 cm³/mol. The third kappa shape index (κ3) is 5.72. The van der Waals surface area contributed by atoms with Crippen LogP contribution in [0, 0.1) is 0 Å². The number of nitrogens with zero attached hydrogens (tertiary/aromatic N) is 1. The monoisotopic (exact) mass is 257 g/mol. The topological polar surface area (TPSA) is 91.3 Å². The van der Waals surface area contributed by atoms with Crippen molar-refractivity contribution in [1.29, 1.82) is 0 Å². The van der Waals surface area contributed by atoms with E-state index in [1.54, 1.807) is 12.1 Å². The molecule has 0 aliphatic rings. The molecule has 0 unspecified atom stereocenters. The average molecular weight is 258 g/mol. The first-order chi connectivity index (χ1) is 8.08. The van der Waals surface area contributed by atoms with E-state index in [1.807, 2.05) is 0 Å². The molecule has 17 heavy (non-hydrogen) atoms. The number of aliphatic carboxylic acids is 1. The standard InChI is InChI=1S/C10H12ClN3O3/c11-7-3-4-8(13-6-7)14-10(17)12-5-1-2-9(15)16/h3-4,6H,1-2,5H2,(H,15,16)(H2,12,13,14,17). The van der Waals surface area contributed by atoms with E-state index < -0.39 is 12.0 Å². The van der Waals surface area contributed by atoms with Crippen LogP contribution >= 0.6 is 11.6 Å². The van der Waals surface area contributed by atoms with Crippen molar-refractivity contribution in [2.24, 2.45) is 0 Å². The Bertz CT molecular complexity index is 394. The summed E-state index contributed by atoms with van der Waals surface area (Å²) in [6.07, 6.45) is 1.83. The molecule has 0 bridgehead atoms. The van der Waals surface area contributed by atoms with E-state index in [2.05, 4.69) is 15.6 Å². The van der Waals surface area contributed by atoms with Gasteiger partial charge in [0.2, 0.25) is 0 Å². The van der Waals surface area contributed by atoms with Crippen LogP contribution in [0.4, 0.5) is 10.6 Å². The summed E-state index contributed by atoms with van der Waals surface area (Å²) in [4.78, 5) is 25.4. The van der Waals surface area contributed by atoms with E-state index in [4.69, 9.17) is 16.7 Å². The SMILES string of the molecule is O=C(O)CCCNC(=O)Nc1ccc(Cl)cn1. The lowest BCUT2D eigenvalue weighted by molar-refractivity contribution is -0.137. The molecule has 0 aliphatic heterocycles. The number of nitrogens with one attached hydrogen (secondary N) is 2. The second-order valence-electron chi connectivity index (χ2n) is 3.24. The van der Waals surface area contributed by atoms with Crippen LogP contribution in [-0.2, 0) is 4.79 Å². The van der Waals surface area contributed by atoms with Crippen molar-refractivity contribution in [2.45, 2.75) is 12.8 Å². The number of halogens is 1. The smallest absolute Gasteiger partial charge is 0.320 e. The Morgan fingerprint density at radius 2 is 2.18 bits per heavy atom. The molecule has 2 amide bonds. The molecule has 1 rings (SSSR count). The Morgan fingerprint density at radius 3 is 2.76 bits per heavy atom. The zero-order valence-electron chi connectivity index (χ0n) is 8.94. The number of carbonyl (C=O) groups excluding carboxylic acids is 1. The first kappa shape index (κ1) is 13.2. The van der Waals surface area contributed by atoms with Gasteiger partial charge in [-0.25, -0.2) is 9.78 Å². The number of pyridine rings is 1. The molecule has 1 aromatic rings. The maximum Gasteiger partial charge on any atom is 0.320 e. The number of carbonyl (C=O) groups is 2. The molecule has 1 heterocycles. The summed E-state index contributed by atoms with van der Waals surface area (Å²) in [6, 6.07) is 2.75. The van der Waals surface area contributed by atoms with E-state index in [-0.39, 0.29) is 6.42 Å². The quantitative estimate of drug-likeness (QED) is 0.701. The van der Waals surface area contributed by atoms with Gasteiger partial charge in [0.15, 0.2) is 0 Å². The molecule has 0 saturated heterocycles. The van der Waals surface area contributed by atoms with Crippen molar-refractivity contribution >= 4 is 29.4 Å². The van der Waals surface area contributed by atoms with Gasteiger partial charge in [0.05, 0.1) is 5.02 Å². The molecule has 0 fully saturated rings. The number of urea groups is 1. The number of aromatic nitrogens is 1. The van der Waals surface area contributed by atoms with Gasteiger partial charge in [0.1, 0.15) is 5.82 Å². The zero-order chi connectivity index (χ0) is 12.7. The van der Waals surface area contributed by atoms with Gasteiger partial charge in [-0.05, 0) is 18.6 Å². The molecule has 3 N–H and O–H groups in total. The van der Waals surface area contributed by atoms with Crippen molar-refractivity contribution in [3.8, 4) is 0 Å². The van der Waals surface area contributed by atoms with E-state index in [0.29, 0.717) is 23.8 Å². The van der Waals surface area contributed by atoms with Crippen molar-refractivity contribution in [3.05, 3.63) is 23.4 Å². The second kappa shape index (κ2) is 6.70. The number of anilines is 1. The van der Waals surface area contributed by atoms with Crippen molar-refractivity contribution in [1.82, 2.24) is 10.3 Å². The molecule has 6 nitrogen and oxygen atoms in total. The highest BCUT2D eigenvalue weighted by atomic mass is 35.5. The number of hydrogen-bond donors (Lipinski definition) is 3. The molecule has 0 aliphatic carbocycles. The van der Waals surface area contributed by atoms with Gasteiger partial charge in [0, 0.05) is 19.2 Å². The Morgan fingerprint density at radius 1 is 1.41 bits per heavy atom. The Balaban J connectivity index is 2.25. The van der Waals surface area contributed by atoms with Gasteiger partial charge >= 0.3 is 12.0 Å². The van der Waals surface area contributed by atoms with Crippen LogP contribution in [0.5, 0.6) is 0 Å². The number of rotatable bonds is 5. The van der Waals surface area contributed by atoms with E-state index >= 15 is 0 Å². The minimum absolute atomic E-state index is 0.0273. The highest BCUT2D eigenvalue weighted by molar-refractivity contribution is 6.30. The Kier molecular flexibility index (Phi) is 5.22. The lowest BCUT2D eigenvalue weighted by Crippen LogP contribution is -2.30. The fourth-order valence-corrected chi connectivity index (χ4v) is 1.16. The number of carboxylic acid groups (broad SMARTS) is 1. The third-order valence-corrected chi connectivity index (χ3v) is 2.05. The first-order valence-electron chi connectivity index (χ1n) is 4.96. The number of amides is 2. The highest BCUT2D eigenvalue weighted by Crippen LogP contribution is 2.08. The van der Waals surface area contributed by atoms with Crippen LogP contribution in [-0.4, -0.2) is 28.6 Å². The summed E-state index contributed by atoms with van der Waals surface area (Å²) in [5.74, 6) is -0.503. The molecular weight excluding hydrogens is 246 g/mol. The van der Waals surface area contributed by atoms with Crippen molar-refractivity contribution in [2.75, 3.05) is 11.9 Å². The van der Waals surface area contributed by atoms with E-state index in [9.17, 15) is 9.59 Å². The van der Waals surface area contributed by atoms with Gasteiger partial charge in [-0.1, -0.05) is 11.6 Å². The van der Waals surface area contributed by atoms with Crippen LogP contribution in [0.25, 0.3) is 0 Å². The third-order valence-electron chi connectivity index (χ3n) is 1.82. The van der Waals surface area contributed by atoms with E-state index in [0.717, 1.165) is 0 Å². The summed E-state index contributed by atoms with van der Waals surface area (Å²) >= 11 is 5.63. The maximum absolute atomic E-state index is 11.3. The minimum Gasteiger partial charge on any atom is -0.481 e. The molecule has 7 heteroatoms. The van der Waals surface area contributed by atoms with Crippen molar-refractivity contribution in [3.63, 3.8) is 0 Å². The maximum atomic E-state index is 11.3. The number of hydrogen-bond acceptors (Lipinski definition) is 3. The molecule has 1 aromatic heterocycles. The lowest BCUT2D eigenvalue weighted by Gasteiger charge is -2.05. The minimum atomic E-state index is -0.883. The van der Waals surface area contributed by atoms with Gasteiger partial charge in [-0.15, -0.1) is 0 Å². The van der Waals surface area contributed by atoms with Crippen LogP contribution in [0.1, 0.15) is 12.8 Å². The Labute approximate surface area is 103 Å². The van der Waals surface area contributed by atoms with Crippen LogP contribution in [0.2, 0.25) is 5.02 Å². The van der Waals surface area contributed by atoms with Crippen LogP contribution < -0.4 is 10.6 Å². The molecule has 0 spiro atoms. The van der Waals surface area contributed by atoms with Gasteiger partial charge in [-0.2, -0.15) is 0 Å². The largest absolute Gasteiger partial charge is 0.481 e. The number of carboxylic acids is 1. The summed E-state index contributed by atoms with van der Waals surface area (Å²) in [7, 11) is 0. The molecule has 0 aromatic carbocycles. The van der Waals surface area contributed by atoms with Crippen LogP contribution in [0.3, 0.4) is 0 Å². The lowest BCUT2D eigenvalue weighted by atomic mass is 10.3. The summed E-state index contributed by atoms with van der Waals surface area (Å²) in [5.41, 5.74) is 0.